The predicted molar refractivity (Wildman–Crippen MR) is 68.9 cm³/mol. The molecule has 0 saturated carbocycles. The lowest BCUT2D eigenvalue weighted by Gasteiger charge is -2.27. The van der Waals surface area contributed by atoms with Crippen molar-refractivity contribution in [3.63, 3.8) is 0 Å². The van der Waals surface area contributed by atoms with Crippen LogP contribution in [0.2, 0.25) is 0 Å². The number of methoxy groups -OCH3 is 1. The van der Waals surface area contributed by atoms with Crippen LogP contribution in [0.25, 0.3) is 0 Å². The molecule has 1 fully saturated rings. The lowest BCUT2D eigenvalue weighted by atomic mass is 10.0. The summed E-state index contributed by atoms with van der Waals surface area (Å²) in [6.45, 7) is 10.1. The number of amides is 1. The molecule has 0 aliphatic carbocycles. The van der Waals surface area contributed by atoms with Crippen molar-refractivity contribution in [1.82, 2.24) is 9.80 Å². The van der Waals surface area contributed by atoms with Crippen LogP contribution in [0, 0.1) is 5.92 Å². The van der Waals surface area contributed by atoms with Crippen molar-refractivity contribution in [1.29, 1.82) is 0 Å². The van der Waals surface area contributed by atoms with Gasteiger partial charge in [-0.05, 0) is 27.7 Å². The minimum Gasteiger partial charge on any atom is -0.379 e. The van der Waals surface area contributed by atoms with E-state index in [0.717, 1.165) is 13.1 Å². The number of hydrogen-bond acceptors (Lipinski definition) is 3. The Morgan fingerprint density at radius 1 is 1.29 bits per heavy atom. The van der Waals surface area contributed by atoms with E-state index in [4.69, 9.17) is 4.74 Å². The average Bonchev–Trinajstić information content (AvgIpc) is 2.70. The van der Waals surface area contributed by atoms with Gasteiger partial charge >= 0.3 is 0 Å². The van der Waals surface area contributed by atoms with Crippen LogP contribution in [0.15, 0.2) is 0 Å². The van der Waals surface area contributed by atoms with Crippen LogP contribution in [-0.2, 0) is 9.53 Å². The molecule has 0 aromatic rings. The maximum Gasteiger partial charge on any atom is 0.229 e. The van der Waals surface area contributed by atoms with Gasteiger partial charge in [0.2, 0.25) is 5.91 Å². The third kappa shape index (κ3) is 3.19. The summed E-state index contributed by atoms with van der Waals surface area (Å²) in [5.74, 6) is 0.185. The van der Waals surface area contributed by atoms with Crippen molar-refractivity contribution in [3.8, 4) is 0 Å². The Kier molecular flexibility index (Phi) is 4.95. The van der Waals surface area contributed by atoms with Crippen molar-refractivity contribution in [3.05, 3.63) is 0 Å². The van der Waals surface area contributed by atoms with Gasteiger partial charge in [-0.1, -0.05) is 0 Å². The van der Waals surface area contributed by atoms with Gasteiger partial charge in [-0.25, -0.2) is 0 Å². The third-order valence-corrected chi connectivity index (χ3v) is 3.77. The Bertz CT molecular complexity index is 266. The largest absolute Gasteiger partial charge is 0.379 e. The molecule has 2 atom stereocenters. The zero-order valence-corrected chi connectivity index (χ0v) is 11.9. The van der Waals surface area contributed by atoms with Crippen molar-refractivity contribution in [2.24, 2.45) is 5.92 Å². The first-order valence-corrected chi connectivity index (χ1v) is 6.42. The number of carbonyl (C=O) groups excluding carboxylic acids is 1. The summed E-state index contributed by atoms with van der Waals surface area (Å²) < 4.78 is 5.47. The van der Waals surface area contributed by atoms with Crippen molar-refractivity contribution in [2.45, 2.75) is 45.9 Å². The summed E-state index contributed by atoms with van der Waals surface area (Å²) in [7, 11) is 3.57. The molecular formula is C13H26N2O2. The smallest absolute Gasteiger partial charge is 0.229 e. The molecule has 1 amide bonds. The lowest BCUT2D eigenvalue weighted by molar-refractivity contribution is -0.138. The highest BCUT2D eigenvalue weighted by Crippen LogP contribution is 2.23. The first kappa shape index (κ1) is 14.5. The van der Waals surface area contributed by atoms with Gasteiger partial charge in [0.05, 0.1) is 12.0 Å². The Balaban J connectivity index is 2.72. The molecular weight excluding hydrogens is 216 g/mol. The van der Waals surface area contributed by atoms with Crippen LogP contribution in [0.5, 0.6) is 0 Å². The fourth-order valence-corrected chi connectivity index (χ4v) is 2.22. The Morgan fingerprint density at radius 2 is 1.88 bits per heavy atom. The van der Waals surface area contributed by atoms with E-state index in [9.17, 15) is 4.79 Å². The van der Waals surface area contributed by atoms with E-state index in [1.54, 1.807) is 7.11 Å². The van der Waals surface area contributed by atoms with Crippen molar-refractivity contribution >= 4 is 5.91 Å². The summed E-state index contributed by atoms with van der Waals surface area (Å²) in [6.07, 6.45) is 0.0334. The highest BCUT2D eigenvalue weighted by Gasteiger charge is 2.40. The van der Waals surface area contributed by atoms with E-state index in [0.29, 0.717) is 6.04 Å². The molecule has 0 N–H and O–H groups in total. The molecule has 0 aromatic heterocycles. The molecule has 0 bridgehead atoms. The summed E-state index contributed by atoms with van der Waals surface area (Å²) in [5, 5.41) is 0. The molecule has 0 aromatic carbocycles. The van der Waals surface area contributed by atoms with E-state index in [1.807, 2.05) is 25.8 Å². The lowest BCUT2D eigenvalue weighted by Crippen LogP contribution is -2.42. The van der Waals surface area contributed by atoms with Gasteiger partial charge in [-0.3, -0.25) is 9.69 Å². The molecule has 100 valence electrons. The molecule has 1 rings (SSSR count). The standard InChI is InChI=1S/C13H26N2O2/c1-9(2)14(5)13(16)11-7-15(10(3)4)8-12(11)17-6/h9-12H,7-8H2,1-6H3. The Labute approximate surface area is 105 Å². The molecule has 0 radical (unpaired) electrons. The number of rotatable bonds is 4. The van der Waals surface area contributed by atoms with Crippen LogP contribution in [-0.4, -0.2) is 61.1 Å². The highest BCUT2D eigenvalue weighted by molar-refractivity contribution is 5.80. The average molecular weight is 242 g/mol. The monoisotopic (exact) mass is 242 g/mol. The number of ether oxygens (including phenoxy) is 1. The maximum atomic E-state index is 12.3. The molecule has 4 heteroatoms. The molecule has 4 nitrogen and oxygen atoms in total. The second-order valence-corrected chi connectivity index (χ2v) is 5.47. The summed E-state index contributed by atoms with van der Waals surface area (Å²) in [6, 6.07) is 0.711. The molecule has 17 heavy (non-hydrogen) atoms. The normalized spacial score (nSPS) is 25.9. The van der Waals surface area contributed by atoms with E-state index in [-0.39, 0.29) is 24.0 Å². The summed E-state index contributed by atoms with van der Waals surface area (Å²) in [4.78, 5) is 16.5. The Morgan fingerprint density at radius 3 is 2.29 bits per heavy atom. The zero-order chi connectivity index (χ0) is 13.2. The molecule has 1 aliphatic rings. The first-order valence-electron chi connectivity index (χ1n) is 6.42. The second kappa shape index (κ2) is 5.83. The van der Waals surface area contributed by atoms with Crippen LogP contribution in [0.1, 0.15) is 27.7 Å². The number of carbonyl (C=O) groups is 1. The highest BCUT2D eigenvalue weighted by atomic mass is 16.5. The van der Waals surface area contributed by atoms with Gasteiger partial charge in [-0.2, -0.15) is 0 Å². The summed E-state index contributed by atoms with van der Waals surface area (Å²) in [5.41, 5.74) is 0. The fraction of sp³-hybridized carbons (Fsp3) is 0.923. The van der Waals surface area contributed by atoms with Crippen LogP contribution in [0.3, 0.4) is 0 Å². The number of likely N-dealkylation sites (tertiary alicyclic amines) is 1. The quantitative estimate of drug-likeness (QED) is 0.743. The minimum atomic E-state index is -0.0187. The zero-order valence-electron chi connectivity index (χ0n) is 11.9. The molecule has 1 heterocycles. The van der Waals surface area contributed by atoms with Crippen LogP contribution < -0.4 is 0 Å². The first-order chi connectivity index (χ1) is 7.88. The van der Waals surface area contributed by atoms with E-state index in [1.165, 1.54) is 0 Å². The third-order valence-electron chi connectivity index (χ3n) is 3.77. The predicted octanol–water partition coefficient (Wildman–Crippen LogP) is 1.21. The topological polar surface area (TPSA) is 32.8 Å². The van der Waals surface area contributed by atoms with Gasteiger partial charge < -0.3 is 9.64 Å². The van der Waals surface area contributed by atoms with Gasteiger partial charge in [0, 0.05) is 39.3 Å². The second-order valence-electron chi connectivity index (χ2n) is 5.47. The minimum absolute atomic E-state index is 0.0187. The van der Waals surface area contributed by atoms with E-state index >= 15 is 0 Å². The number of nitrogens with zero attached hydrogens (tertiary/aromatic N) is 2. The SMILES string of the molecule is COC1CN(C(C)C)CC1C(=O)N(C)C(C)C. The van der Waals surface area contributed by atoms with E-state index < -0.39 is 0 Å². The Hall–Kier alpha value is -0.610. The molecule has 0 spiro atoms. The van der Waals surface area contributed by atoms with E-state index in [2.05, 4.69) is 18.7 Å². The van der Waals surface area contributed by atoms with Gasteiger partial charge in [0.1, 0.15) is 0 Å². The maximum absolute atomic E-state index is 12.3. The number of hydrogen-bond donors (Lipinski definition) is 0. The fourth-order valence-electron chi connectivity index (χ4n) is 2.22. The molecule has 2 unspecified atom stereocenters. The van der Waals surface area contributed by atoms with Crippen LogP contribution >= 0.6 is 0 Å². The van der Waals surface area contributed by atoms with Crippen molar-refractivity contribution < 1.29 is 9.53 Å². The van der Waals surface area contributed by atoms with Crippen LogP contribution in [0.4, 0.5) is 0 Å². The van der Waals surface area contributed by atoms with Gasteiger partial charge in [-0.15, -0.1) is 0 Å². The molecule has 1 saturated heterocycles. The van der Waals surface area contributed by atoms with Crippen molar-refractivity contribution in [2.75, 3.05) is 27.2 Å². The van der Waals surface area contributed by atoms with Gasteiger partial charge in [0.15, 0.2) is 0 Å². The summed E-state index contributed by atoms with van der Waals surface area (Å²) >= 11 is 0. The molecule has 1 aliphatic heterocycles. The van der Waals surface area contributed by atoms with Gasteiger partial charge in [0.25, 0.3) is 0 Å².